The first-order chi connectivity index (χ1) is 16.4. The van der Waals surface area contributed by atoms with Gasteiger partial charge in [-0.25, -0.2) is 12.9 Å². The van der Waals surface area contributed by atoms with Gasteiger partial charge in [0.25, 0.3) is 0 Å². The second-order valence-electron chi connectivity index (χ2n) is 8.13. The van der Waals surface area contributed by atoms with Gasteiger partial charge in [-0.1, -0.05) is 24.3 Å². The maximum Gasteiger partial charge on any atom is 0.247 e. The molecule has 0 bridgehead atoms. The van der Waals surface area contributed by atoms with Gasteiger partial charge in [-0.05, 0) is 47.5 Å². The van der Waals surface area contributed by atoms with Crippen LogP contribution in [0.5, 0.6) is 0 Å². The third kappa shape index (κ3) is 4.50. The molecule has 1 amide bonds. The van der Waals surface area contributed by atoms with E-state index in [2.05, 4.69) is 15.4 Å². The van der Waals surface area contributed by atoms with Crippen LogP contribution < -0.4 is 5.32 Å². The summed E-state index contributed by atoms with van der Waals surface area (Å²) in [5, 5.41) is 7.73. The largest absolute Gasteiger partial charge is 0.370 e. The predicted molar refractivity (Wildman–Crippen MR) is 128 cm³/mol. The van der Waals surface area contributed by atoms with Gasteiger partial charge in [-0.15, -0.1) is 5.10 Å². The molecule has 0 saturated carbocycles. The number of hydrogen-bond donors (Lipinski definition) is 1. The Morgan fingerprint density at radius 2 is 1.85 bits per heavy atom. The molecular weight excluding hydrogens is 454 g/mol. The summed E-state index contributed by atoms with van der Waals surface area (Å²) in [5.74, 6) is 0.439. The maximum atomic E-state index is 11.8. The number of nitrogens with one attached hydrogen (secondary N) is 1. The van der Waals surface area contributed by atoms with Crippen LogP contribution in [-0.4, -0.2) is 60.3 Å². The van der Waals surface area contributed by atoms with Crippen LogP contribution in [0.3, 0.4) is 0 Å². The van der Waals surface area contributed by atoms with E-state index in [0.29, 0.717) is 31.3 Å². The molecule has 0 radical (unpaired) electrons. The van der Waals surface area contributed by atoms with Crippen molar-refractivity contribution < 1.29 is 17.9 Å². The van der Waals surface area contributed by atoms with E-state index < -0.39 is 9.84 Å². The van der Waals surface area contributed by atoms with Crippen LogP contribution in [-0.2, 0) is 19.4 Å². The van der Waals surface area contributed by atoms with Gasteiger partial charge < -0.3 is 15.0 Å². The minimum Gasteiger partial charge on any atom is -0.370 e. The molecule has 1 fully saturated rings. The lowest BCUT2D eigenvalue weighted by Crippen LogP contribution is -2.37. The number of nitrogens with zero attached hydrogens (tertiary/aromatic N) is 4. The third-order valence-corrected chi connectivity index (χ3v) is 6.87. The Balaban J connectivity index is 1.37. The Morgan fingerprint density at radius 1 is 1.09 bits per heavy atom. The number of fused-ring (bicyclic) bond motifs is 1. The quantitative estimate of drug-likeness (QED) is 0.426. The van der Waals surface area contributed by atoms with Gasteiger partial charge in [0.1, 0.15) is 6.10 Å². The lowest BCUT2D eigenvalue weighted by Gasteiger charge is -2.30. The van der Waals surface area contributed by atoms with Crippen LogP contribution in [0.25, 0.3) is 16.8 Å². The van der Waals surface area contributed by atoms with E-state index in [4.69, 9.17) is 4.74 Å². The fourth-order valence-corrected chi connectivity index (χ4v) is 4.57. The molecule has 1 atom stereocenters. The summed E-state index contributed by atoms with van der Waals surface area (Å²) in [6.45, 7) is 1.68. The summed E-state index contributed by atoms with van der Waals surface area (Å²) in [5.41, 5.74) is 4.16. The summed E-state index contributed by atoms with van der Waals surface area (Å²) in [7, 11) is -3.26. The molecule has 3 heterocycles. The van der Waals surface area contributed by atoms with E-state index >= 15 is 0 Å². The van der Waals surface area contributed by atoms with Gasteiger partial charge in [0, 0.05) is 30.2 Å². The molecule has 4 aromatic rings. The van der Waals surface area contributed by atoms with Crippen LogP contribution in [0.2, 0.25) is 0 Å². The number of benzene rings is 2. The molecule has 174 valence electrons. The minimum atomic E-state index is -3.26. The molecule has 0 aliphatic carbocycles. The highest BCUT2D eigenvalue weighted by molar-refractivity contribution is 7.90. The van der Waals surface area contributed by atoms with E-state index in [1.807, 2.05) is 42.6 Å². The first kappa shape index (κ1) is 22.1. The Bertz CT molecular complexity index is 1430. The standard InChI is InChI=1S/C24H23N5O4S/c1-34(31,32)20-10-6-17(7-11-20)21-3-2-12-29-23(21)26-24(27-29)25-19-8-4-18(5-9-19)22-15-28(16-30)13-14-33-22/h2-12,16,22H,13-15H2,1H3,(H,25,27). The molecular formula is C24H23N5O4S. The molecule has 1 aliphatic heterocycles. The number of rotatable bonds is 6. The molecule has 1 unspecified atom stereocenters. The van der Waals surface area contributed by atoms with Gasteiger partial charge in [0.05, 0.1) is 18.0 Å². The fraction of sp³-hybridized carbons (Fsp3) is 0.208. The molecule has 9 nitrogen and oxygen atoms in total. The molecule has 10 heteroatoms. The van der Waals surface area contributed by atoms with E-state index in [1.165, 1.54) is 6.26 Å². The number of carbonyl (C=O) groups excluding carboxylic acids is 1. The number of pyridine rings is 1. The number of anilines is 2. The number of morpholine rings is 1. The highest BCUT2D eigenvalue weighted by Crippen LogP contribution is 2.27. The Hall–Kier alpha value is -3.76. The zero-order valence-corrected chi connectivity index (χ0v) is 19.3. The zero-order chi connectivity index (χ0) is 23.7. The average Bonchev–Trinajstić information content (AvgIpc) is 3.26. The summed E-state index contributed by atoms with van der Waals surface area (Å²) < 4.78 is 31.0. The molecule has 34 heavy (non-hydrogen) atoms. The first-order valence-corrected chi connectivity index (χ1v) is 12.6. The summed E-state index contributed by atoms with van der Waals surface area (Å²) >= 11 is 0. The van der Waals surface area contributed by atoms with Crippen molar-refractivity contribution in [1.29, 1.82) is 0 Å². The third-order valence-electron chi connectivity index (χ3n) is 5.74. The number of ether oxygens (including phenoxy) is 1. The molecule has 1 N–H and O–H groups in total. The first-order valence-electron chi connectivity index (χ1n) is 10.7. The van der Waals surface area contributed by atoms with Crippen LogP contribution >= 0.6 is 0 Å². The topological polar surface area (TPSA) is 106 Å². The van der Waals surface area contributed by atoms with Crippen LogP contribution in [0.15, 0.2) is 71.8 Å². The lowest BCUT2D eigenvalue weighted by atomic mass is 10.1. The van der Waals surface area contributed by atoms with Crippen LogP contribution in [0, 0.1) is 0 Å². The predicted octanol–water partition coefficient (Wildman–Crippen LogP) is 3.07. The maximum absolute atomic E-state index is 11.8. The second kappa shape index (κ2) is 8.88. The van der Waals surface area contributed by atoms with Crippen molar-refractivity contribution in [2.75, 3.05) is 31.3 Å². The van der Waals surface area contributed by atoms with Crippen molar-refractivity contribution in [1.82, 2.24) is 19.5 Å². The Labute approximate surface area is 196 Å². The zero-order valence-electron chi connectivity index (χ0n) is 18.5. The second-order valence-corrected chi connectivity index (χ2v) is 10.1. The molecule has 1 aliphatic rings. The van der Waals surface area contributed by atoms with Gasteiger partial charge in [-0.3, -0.25) is 4.79 Å². The summed E-state index contributed by atoms with van der Waals surface area (Å²) in [6, 6.07) is 18.3. The Morgan fingerprint density at radius 3 is 2.56 bits per heavy atom. The minimum absolute atomic E-state index is 0.141. The monoisotopic (exact) mass is 477 g/mol. The number of amides is 1. The van der Waals surface area contributed by atoms with Crippen molar-refractivity contribution in [3.63, 3.8) is 0 Å². The van der Waals surface area contributed by atoms with Crippen LogP contribution in [0.1, 0.15) is 11.7 Å². The van der Waals surface area contributed by atoms with Crippen molar-refractivity contribution in [2.45, 2.75) is 11.0 Å². The molecule has 5 rings (SSSR count). The van der Waals surface area contributed by atoms with E-state index in [0.717, 1.165) is 28.8 Å². The average molecular weight is 478 g/mol. The highest BCUT2D eigenvalue weighted by atomic mass is 32.2. The number of carbonyl (C=O) groups is 1. The lowest BCUT2D eigenvalue weighted by molar-refractivity contribution is -0.125. The molecule has 0 spiro atoms. The van der Waals surface area contributed by atoms with Gasteiger partial charge >= 0.3 is 0 Å². The smallest absolute Gasteiger partial charge is 0.247 e. The van der Waals surface area contributed by atoms with Crippen molar-refractivity contribution in [2.24, 2.45) is 0 Å². The fourth-order valence-electron chi connectivity index (χ4n) is 3.94. The summed E-state index contributed by atoms with van der Waals surface area (Å²) in [4.78, 5) is 17.7. The SMILES string of the molecule is CS(=O)(=O)c1ccc(-c2cccn3nc(Nc4ccc(C5CN(C=O)CCO5)cc4)nc23)cc1. The molecule has 2 aromatic heterocycles. The van der Waals surface area contributed by atoms with Gasteiger partial charge in [-0.2, -0.15) is 4.98 Å². The molecule has 1 saturated heterocycles. The number of aromatic nitrogens is 3. The van der Waals surface area contributed by atoms with Crippen molar-refractivity contribution in [3.05, 3.63) is 72.4 Å². The number of sulfone groups is 1. The van der Waals surface area contributed by atoms with Gasteiger partial charge in [0.15, 0.2) is 15.5 Å². The van der Waals surface area contributed by atoms with Crippen molar-refractivity contribution >= 4 is 33.5 Å². The van der Waals surface area contributed by atoms with Crippen molar-refractivity contribution in [3.8, 4) is 11.1 Å². The summed E-state index contributed by atoms with van der Waals surface area (Å²) in [6.07, 6.45) is 3.71. The van der Waals surface area contributed by atoms with Crippen LogP contribution in [0.4, 0.5) is 11.6 Å². The van der Waals surface area contributed by atoms with E-state index in [1.54, 1.807) is 33.7 Å². The number of hydrogen-bond acceptors (Lipinski definition) is 7. The Kier molecular flexibility index (Phi) is 5.76. The van der Waals surface area contributed by atoms with E-state index in [-0.39, 0.29) is 11.0 Å². The van der Waals surface area contributed by atoms with E-state index in [9.17, 15) is 13.2 Å². The molecule has 2 aromatic carbocycles. The van der Waals surface area contributed by atoms with Gasteiger partial charge in [0.2, 0.25) is 12.4 Å². The normalized spacial score (nSPS) is 16.5. The highest BCUT2D eigenvalue weighted by Gasteiger charge is 2.21.